The minimum Gasteiger partial charge on any atom is -0.442 e. The number of nitrogens with zero attached hydrogens (tertiary/aromatic N) is 1. The molecule has 0 atom stereocenters. The summed E-state index contributed by atoms with van der Waals surface area (Å²) in [5, 5.41) is 3.08. The van der Waals surface area contributed by atoms with Crippen LogP contribution in [0.3, 0.4) is 0 Å². The number of alkyl halides is 3. The lowest BCUT2D eigenvalue weighted by molar-refractivity contribution is -0.177. The maximum atomic E-state index is 11.8. The Morgan fingerprint density at radius 2 is 2.18 bits per heavy atom. The molecule has 0 fully saturated rings. The number of aromatic nitrogens is 1. The van der Waals surface area contributed by atoms with Crippen LogP contribution in [0.25, 0.3) is 0 Å². The monoisotopic (exact) mass is 252 g/mol. The first kappa shape index (κ1) is 14.0. The Hall–Kier alpha value is -1.08. The first-order valence-corrected chi connectivity index (χ1v) is 5.18. The van der Waals surface area contributed by atoms with Crippen molar-refractivity contribution in [3.8, 4) is 0 Å². The van der Waals surface area contributed by atoms with Crippen LogP contribution in [0.4, 0.5) is 13.2 Å². The van der Waals surface area contributed by atoms with E-state index in [0.29, 0.717) is 12.4 Å². The third-order valence-electron chi connectivity index (χ3n) is 1.77. The second-order valence-electron chi connectivity index (χ2n) is 3.86. The van der Waals surface area contributed by atoms with Gasteiger partial charge < -0.3 is 14.5 Å². The minimum absolute atomic E-state index is 0.228. The van der Waals surface area contributed by atoms with Crippen molar-refractivity contribution in [3.05, 3.63) is 17.8 Å². The summed E-state index contributed by atoms with van der Waals surface area (Å²) in [4.78, 5) is 3.91. The number of ether oxygens (including phenoxy) is 1. The highest BCUT2D eigenvalue weighted by Gasteiger charge is 2.27. The molecule has 7 heteroatoms. The van der Waals surface area contributed by atoms with E-state index in [2.05, 4.69) is 15.0 Å². The normalized spacial score (nSPS) is 12.4. The summed E-state index contributed by atoms with van der Waals surface area (Å²) >= 11 is 0. The number of hydrogen-bond acceptors (Lipinski definition) is 4. The molecule has 1 rings (SSSR count). The Labute approximate surface area is 97.2 Å². The fraction of sp³-hybridized carbons (Fsp3) is 0.700. The van der Waals surface area contributed by atoms with Gasteiger partial charge in [0.05, 0.1) is 12.7 Å². The molecular weight excluding hydrogens is 237 g/mol. The van der Waals surface area contributed by atoms with Crippen molar-refractivity contribution >= 4 is 0 Å². The quantitative estimate of drug-likeness (QED) is 0.843. The van der Waals surface area contributed by atoms with Crippen LogP contribution in [0.15, 0.2) is 10.6 Å². The van der Waals surface area contributed by atoms with Gasteiger partial charge in [-0.15, -0.1) is 0 Å². The largest absolute Gasteiger partial charge is 0.442 e. The first-order chi connectivity index (χ1) is 7.87. The maximum absolute atomic E-state index is 11.8. The third-order valence-corrected chi connectivity index (χ3v) is 1.77. The van der Waals surface area contributed by atoms with Crippen LogP contribution in [0.2, 0.25) is 0 Å². The molecule has 0 amide bonds. The lowest BCUT2D eigenvalue weighted by Crippen LogP contribution is -2.21. The minimum atomic E-state index is -4.32. The topological polar surface area (TPSA) is 47.3 Å². The molecule has 0 bridgehead atoms. The summed E-state index contributed by atoms with van der Waals surface area (Å²) in [7, 11) is 0. The molecule has 0 saturated carbocycles. The highest BCUT2D eigenvalue weighted by molar-refractivity contribution is 4.92. The van der Waals surface area contributed by atoms with Crippen molar-refractivity contribution in [2.24, 2.45) is 0 Å². The Bertz CT molecular complexity index is 337. The number of oxazole rings is 1. The zero-order chi connectivity index (χ0) is 12.9. The van der Waals surface area contributed by atoms with E-state index in [9.17, 15) is 13.2 Å². The van der Waals surface area contributed by atoms with Crippen LogP contribution in [0.5, 0.6) is 0 Å². The molecule has 0 aromatic carbocycles. The summed E-state index contributed by atoms with van der Waals surface area (Å²) in [5.74, 6) is 0.721. The molecule has 0 radical (unpaired) electrons. The van der Waals surface area contributed by atoms with E-state index in [1.165, 1.54) is 6.20 Å². The van der Waals surface area contributed by atoms with E-state index in [-0.39, 0.29) is 18.4 Å². The number of rotatable bonds is 6. The Balaban J connectivity index is 2.31. The molecule has 1 N–H and O–H groups in total. The Morgan fingerprint density at radius 1 is 1.47 bits per heavy atom. The summed E-state index contributed by atoms with van der Waals surface area (Å²) in [6, 6.07) is 0.284. The highest BCUT2D eigenvalue weighted by atomic mass is 19.4. The molecule has 1 heterocycles. The van der Waals surface area contributed by atoms with Gasteiger partial charge in [-0.1, -0.05) is 13.8 Å². The van der Waals surface area contributed by atoms with E-state index in [1.807, 2.05) is 13.8 Å². The average molecular weight is 252 g/mol. The lowest BCUT2D eigenvalue weighted by atomic mass is 10.4. The molecule has 1 aromatic rings. The van der Waals surface area contributed by atoms with Crippen molar-refractivity contribution in [1.82, 2.24) is 10.3 Å². The van der Waals surface area contributed by atoms with E-state index >= 15 is 0 Å². The zero-order valence-electron chi connectivity index (χ0n) is 9.67. The van der Waals surface area contributed by atoms with Crippen molar-refractivity contribution < 1.29 is 22.3 Å². The Kier molecular flexibility index (Phi) is 4.95. The molecule has 0 aliphatic rings. The SMILES string of the molecule is CC(C)NCc1ncc(COCC(F)(F)F)o1. The molecule has 0 aliphatic heterocycles. The van der Waals surface area contributed by atoms with E-state index in [1.54, 1.807) is 0 Å². The average Bonchev–Trinajstić information content (AvgIpc) is 2.61. The highest BCUT2D eigenvalue weighted by Crippen LogP contribution is 2.15. The van der Waals surface area contributed by atoms with Gasteiger partial charge in [0.15, 0.2) is 0 Å². The summed E-state index contributed by atoms with van der Waals surface area (Å²) in [6.07, 6.45) is -2.95. The van der Waals surface area contributed by atoms with Gasteiger partial charge in [0.25, 0.3) is 0 Å². The second-order valence-corrected chi connectivity index (χ2v) is 3.86. The summed E-state index contributed by atoms with van der Waals surface area (Å²) in [6.45, 7) is 2.87. The number of nitrogens with one attached hydrogen (secondary N) is 1. The molecule has 1 aromatic heterocycles. The first-order valence-electron chi connectivity index (χ1n) is 5.18. The predicted octanol–water partition coefficient (Wildman–Crippen LogP) is 2.25. The molecule has 98 valence electrons. The summed E-state index contributed by atoms with van der Waals surface area (Å²) < 4.78 is 45.0. The van der Waals surface area contributed by atoms with Gasteiger partial charge in [0.1, 0.15) is 19.0 Å². The molecule has 0 spiro atoms. The fourth-order valence-electron chi connectivity index (χ4n) is 1.06. The standard InChI is InChI=1S/C10H15F3N2O2/c1-7(2)14-4-9-15-3-8(17-9)5-16-6-10(11,12)13/h3,7,14H,4-6H2,1-2H3. The van der Waals surface area contributed by atoms with E-state index in [4.69, 9.17) is 4.42 Å². The van der Waals surface area contributed by atoms with Gasteiger partial charge in [-0.25, -0.2) is 4.98 Å². The lowest BCUT2D eigenvalue weighted by Gasteiger charge is -2.05. The molecule has 17 heavy (non-hydrogen) atoms. The van der Waals surface area contributed by atoms with E-state index in [0.717, 1.165) is 0 Å². The van der Waals surface area contributed by atoms with Crippen molar-refractivity contribution in [2.45, 2.75) is 39.2 Å². The fourth-order valence-corrected chi connectivity index (χ4v) is 1.06. The second kappa shape index (κ2) is 6.02. The smallest absolute Gasteiger partial charge is 0.411 e. The van der Waals surface area contributed by atoms with Crippen molar-refractivity contribution in [1.29, 1.82) is 0 Å². The summed E-state index contributed by atoms with van der Waals surface area (Å²) in [5.41, 5.74) is 0. The van der Waals surface area contributed by atoms with Crippen LogP contribution in [0.1, 0.15) is 25.5 Å². The number of hydrogen-bond donors (Lipinski definition) is 1. The zero-order valence-corrected chi connectivity index (χ0v) is 9.67. The Morgan fingerprint density at radius 3 is 2.76 bits per heavy atom. The van der Waals surface area contributed by atoms with Crippen LogP contribution >= 0.6 is 0 Å². The molecule has 4 nitrogen and oxygen atoms in total. The molecule has 0 unspecified atom stereocenters. The van der Waals surface area contributed by atoms with E-state index < -0.39 is 12.8 Å². The molecular formula is C10H15F3N2O2. The van der Waals surface area contributed by atoms with Crippen molar-refractivity contribution in [3.63, 3.8) is 0 Å². The van der Waals surface area contributed by atoms with Crippen LogP contribution in [-0.4, -0.2) is 23.8 Å². The maximum Gasteiger partial charge on any atom is 0.411 e. The van der Waals surface area contributed by atoms with Gasteiger partial charge in [-0.3, -0.25) is 0 Å². The van der Waals surface area contributed by atoms with Crippen LogP contribution in [0, 0.1) is 0 Å². The van der Waals surface area contributed by atoms with Gasteiger partial charge in [0, 0.05) is 6.04 Å². The van der Waals surface area contributed by atoms with Crippen molar-refractivity contribution in [2.75, 3.05) is 6.61 Å². The molecule has 0 aliphatic carbocycles. The molecule has 0 saturated heterocycles. The van der Waals surface area contributed by atoms with Gasteiger partial charge in [-0.05, 0) is 0 Å². The van der Waals surface area contributed by atoms with Gasteiger partial charge in [0.2, 0.25) is 5.89 Å². The third kappa shape index (κ3) is 6.28. The van der Waals surface area contributed by atoms with Gasteiger partial charge in [-0.2, -0.15) is 13.2 Å². The predicted molar refractivity (Wildman–Crippen MR) is 54.2 cm³/mol. The van der Waals surface area contributed by atoms with Crippen LogP contribution in [-0.2, 0) is 17.9 Å². The van der Waals surface area contributed by atoms with Crippen LogP contribution < -0.4 is 5.32 Å². The van der Waals surface area contributed by atoms with Gasteiger partial charge >= 0.3 is 6.18 Å². The number of halogens is 3.